The van der Waals surface area contributed by atoms with Crippen LogP contribution >= 0.6 is 11.3 Å². The molecular weight excluding hydrogens is 240 g/mol. The molecule has 1 aromatic heterocycles. The Bertz CT molecular complexity index is 572. The van der Waals surface area contributed by atoms with Gasteiger partial charge >= 0.3 is 0 Å². The van der Waals surface area contributed by atoms with E-state index in [-0.39, 0.29) is 0 Å². The van der Waals surface area contributed by atoms with Gasteiger partial charge in [0.25, 0.3) is 0 Å². The number of benzene rings is 1. The molecule has 0 radical (unpaired) electrons. The molecule has 0 spiro atoms. The zero-order valence-corrected chi connectivity index (χ0v) is 11.5. The Labute approximate surface area is 112 Å². The molecule has 0 bridgehead atoms. The normalized spacial score (nSPS) is 14.5. The van der Waals surface area contributed by atoms with Crippen molar-refractivity contribution >= 4 is 16.5 Å². The largest absolute Gasteiger partial charge is 0.375 e. The van der Waals surface area contributed by atoms with Crippen LogP contribution in [0.1, 0.15) is 40.1 Å². The van der Waals surface area contributed by atoms with Crippen molar-refractivity contribution in [1.29, 1.82) is 0 Å². The van der Waals surface area contributed by atoms with Gasteiger partial charge in [0.15, 0.2) is 5.13 Å². The predicted octanol–water partition coefficient (Wildman–Crippen LogP) is 3.50. The zero-order valence-electron chi connectivity index (χ0n) is 10.7. The summed E-state index contributed by atoms with van der Waals surface area (Å²) in [6, 6.07) is 6.74. The topological polar surface area (TPSA) is 38.9 Å². The average molecular weight is 258 g/mol. The highest BCUT2D eigenvalue weighted by molar-refractivity contribution is 7.15. The van der Waals surface area contributed by atoms with Crippen LogP contribution in [0.5, 0.6) is 0 Å². The van der Waals surface area contributed by atoms with Crippen molar-refractivity contribution in [1.82, 2.24) is 4.98 Å². The second-order valence-electron chi connectivity index (χ2n) is 5.00. The van der Waals surface area contributed by atoms with Crippen LogP contribution in [0.25, 0.3) is 0 Å². The molecule has 2 nitrogen and oxygen atoms in total. The number of thiazole rings is 1. The first-order valence-electron chi connectivity index (χ1n) is 6.55. The Kier molecular flexibility index (Phi) is 3.08. The minimum absolute atomic E-state index is 0.687. The molecule has 18 heavy (non-hydrogen) atoms. The number of rotatable bonds is 2. The lowest BCUT2D eigenvalue weighted by Gasteiger charge is -2.19. The number of fused-ring (bicyclic) bond motifs is 1. The number of nitrogens with zero attached hydrogens (tertiary/aromatic N) is 1. The molecule has 3 rings (SSSR count). The summed E-state index contributed by atoms with van der Waals surface area (Å²) in [5.74, 6) is 0. The summed E-state index contributed by atoms with van der Waals surface area (Å²) >= 11 is 1.63. The molecule has 0 fully saturated rings. The van der Waals surface area contributed by atoms with E-state index in [1.807, 2.05) is 0 Å². The minimum Gasteiger partial charge on any atom is -0.375 e. The molecule has 2 N–H and O–H groups in total. The van der Waals surface area contributed by atoms with Gasteiger partial charge in [0.1, 0.15) is 0 Å². The van der Waals surface area contributed by atoms with E-state index in [0.29, 0.717) is 5.13 Å². The van der Waals surface area contributed by atoms with E-state index in [9.17, 15) is 0 Å². The van der Waals surface area contributed by atoms with Gasteiger partial charge in [-0.05, 0) is 49.3 Å². The quantitative estimate of drug-likeness (QED) is 0.895. The summed E-state index contributed by atoms with van der Waals surface area (Å²) in [6.07, 6.45) is 6.13. The fraction of sp³-hybridized carbons (Fsp3) is 0.400. The molecule has 0 amide bonds. The van der Waals surface area contributed by atoms with Gasteiger partial charge < -0.3 is 5.73 Å². The highest BCUT2D eigenvalue weighted by atomic mass is 32.1. The molecule has 1 heterocycles. The van der Waals surface area contributed by atoms with Gasteiger partial charge in [-0.1, -0.05) is 18.2 Å². The maximum Gasteiger partial charge on any atom is 0.180 e. The number of aromatic nitrogens is 1. The summed E-state index contributed by atoms with van der Waals surface area (Å²) in [5.41, 5.74) is 11.5. The van der Waals surface area contributed by atoms with Crippen LogP contribution in [-0.4, -0.2) is 4.98 Å². The van der Waals surface area contributed by atoms with Gasteiger partial charge in [0.2, 0.25) is 0 Å². The minimum atomic E-state index is 0.687. The fourth-order valence-electron chi connectivity index (χ4n) is 2.81. The Morgan fingerprint density at radius 3 is 2.89 bits per heavy atom. The molecule has 0 aliphatic heterocycles. The Balaban J connectivity index is 1.95. The Hall–Kier alpha value is -1.35. The van der Waals surface area contributed by atoms with E-state index >= 15 is 0 Å². The van der Waals surface area contributed by atoms with Crippen molar-refractivity contribution < 1.29 is 0 Å². The summed E-state index contributed by atoms with van der Waals surface area (Å²) in [5, 5.41) is 0.687. The van der Waals surface area contributed by atoms with Crippen molar-refractivity contribution in [2.45, 2.75) is 39.0 Å². The second-order valence-corrected chi connectivity index (χ2v) is 6.11. The molecule has 0 saturated carbocycles. The van der Waals surface area contributed by atoms with Crippen LogP contribution in [0.2, 0.25) is 0 Å². The number of aryl methyl sites for hydroxylation is 2. The van der Waals surface area contributed by atoms with Gasteiger partial charge in [-0.15, -0.1) is 11.3 Å². The van der Waals surface area contributed by atoms with Crippen LogP contribution in [0.3, 0.4) is 0 Å². The lowest BCUT2D eigenvalue weighted by molar-refractivity contribution is 0.680. The SMILES string of the molecule is Cc1nc(N)sc1Cc1cccc2c1CCCC2. The monoisotopic (exact) mass is 258 g/mol. The van der Waals surface area contributed by atoms with E-state index in [4.69, 9.17) is 5.73 Å². The molecule has 0 atom stereocenters. The lowest BCUT2D eigenvalue weighted by atomic mass is 9.87. The van der Waals surface area contributed by atoms with Gasteiger partial charge in [-0.25, -0.2) is 4.98 Å². The molecule has 1 aromatic carbocycles. The first-order chi connectivity index (χ1) is 8.74. The molecule has 0 unspecified atom stereocenters. The highest BCUT2D eigenvalue weighted by Gasteiger charge is 2.14. The van der Waals surface area contributed by atoms with Crippen molar-refractivity contribution in [3.05, 3.63) is 45.5 Å². The molecule has 1 aliphatic carbocycles. The fourth-order valence-corrected chi connectivity index (χ4v) is 3.67. The van der Waals surface area contributed by atoms with Crippen LogP contribution in [-0.2, 0) is 19.3 Å². The molecule has 94 valence electrons. The summed E-state index contributed by atoms with van der Waals surface area (Å²) in [4.78, 5) is 5.63. The van der Waals surface area contributed by atoms with E-state index in [1.165, 1.54) is 36.1 Å². The molecule has 0 saturated heterocycles. The average Bonchev–Trinajstić information content (AvgIpc) is 2.68. The number of anilines is 1. The Morgan fingerprint density at radius 1 is 1.28 bits per heavy atom. The summed E-state index contributed by atoms with van der Waals surface area (Å²) in [7, 11) is 0. The lowest BCUT2D eigenvalue weighted by Crippen LogP contribution is -2.06. The smallest absolute Gasteiger partial charge is 0.180 e. The second kappa shape index (κ2) is 4.73. The van der Waals surface area contributed by atoms with E-state index in [2.05, 4.69) is 30.1 Å². The molecule has 3 heteroatoms. The first kappa shape index (κ1) is 11.7. The van der Waals surface area contributed by atoms with E-state index in [0.717, 1.165) is 12.1 Å². The number of hydrogen-bond acceptors (Lipinski definition) is 3. The molecule has 1 aliphatic rings. The van der Waals surface area contributed by atoms with E-state index < -0.39 is 0 Å². The maximum absolute atomic E-state index is 5.78. The van der Waals surface area contributed by atoms with Gasteiger partial charge in [0, 0.05) is 11.3 Å². The molecule has 2 aromatic rings. The van der Waals surface area contributed by atoms with Gasteiger partial charge in [0.05, 0.1) is 5.69 Å². The first-order valence-corrected chi connectivity index (χ1v) is 7.37. The highest BCUT2D eigenvalue weighted by Crippen LogP contribution is 2.29. The third-order valence-electron chi connectivity index (χ3n) is 3.75. The number of nitrogens with two attached hydrogens (primary N) is 1. The number of hydrogen-bond donors (Lipinski definition) is 1. The van der Waals surface area contributed by atoms with Crippen molar-refractivity contribution in [2.75, 3.05) is 5.73 Å². The summed E-state index contributed by atoms with van der Waals surface area (Å²) in [6.45, 7) is 2.05. The van der Waals surface area contributed by atoms with Crippen molar-refractivity contribution in [3.8, 4) is 0 Å². The third kappa shape index (κ3) is 2.15. The summed E-state index contributed by atoms with van der Waals surface area (Å²) < 4.78 is 0. The third-order valence-corrected chi connectivity index (χ3v) is 4.74. The van der Waals surface area contributed by atoms with Crippen molar-refractivity contribution in [2.24, 2.45) is 0 Å². The maximum atomic E-state index is 5.78. The van der Waals surface area contributed by atoms with E-state index in [1.54, 1.807) is 22.5 Å². The van der Waals surface area contributed by atoms with Gasteiger partial charge in [-0.3, -0.25) is 0 Å². The van der Waals surface area contributed by atoms with Crippen molar-refractivity contribution in [3.63, 3.8) is 0 Å². The van der Waals surface area contributed by atoms with Crippen LogP contribution in [0, 0.1) is 6.92 Å². The van der Waals surface area contributed by atoms with Crippen LogP contribution in [0.15, 0.2) is 18.2 Å². The zero-order chi connectivity index (χ0) is 12.5. The number of nitrogen functional groups attached to an aromatic ring is 1. The predicted molar refractivity (Wildman–Crippen MR) is 77.2 cm³/mol. The van der Waals surface area contributed by atoms with Crippen LogP contribution in [0.4, 0.5) is 5.13 Å². The van der Waals surface area contributed by atoms with Crippen LogP contribution < -0.4 is 5.73 Å². The standard InChI is InChI=1S/C15H18N2S/c1-10-14(18-15(16)17-10)9-12-7-4-6-11-5-2-3-8-13(11)12/h4,6-7H,2-3,5,8-9H2,1H3,(H2,16,17). The van der Waals surface area contributed by atoms with Gasteiger partial charge in [-0.2, -0.15) is 0 Å². The molecular formula is C15H18N2S. The Morgan fingerprint density at radius 2 is 2.11 bits per heavy atom.